The summed E-state index contributed by atoms with van der Waals surface area (Å²) < 4.78 is 10.1. The van der Waals surface area contributed by atoms with Crippen molar-refractivity contribution in [1.82, 2.24) is 9.97 Å². The second-order valence-electron chi connectivity index (χ2n) is 5.02. The van der Waals surface area contributed by atoms with Crippen molar-refractivity contribution in [2.45, 2.75) is 6.42 Å². The summed E-state index contributed by atoms with van der Waals surface area (Å²) >= 11 is 0. The number of benzene rings is 1. The van der Waals surface area contributed by atoms with E-state index in [1.54, 1.807) is 14.2 Å². The Hall–Kier alpha value is -2.18. The number of ether oxygens (including phenoxy) is 2. The Kier molecular flexibility index (Phi) is 7.29. The van der Waals surface area contributed by atoms with Gasteiger partial charge < -0.3 is 20.1 Å². The summed E-state index contributed by atoms with van der Waals surface area (Å²) in [6.45, 7) is 2.80. The molecule has 0 aliphatic rings. The highest BCUT2D eigenvalue weighted by molar-refractivity contribution is 5.64. The van der Waals surface area contributed by atoms with Crippen LogP contribution in [0.25, 0.3) is 11.3 Å². The fraction of sp³-hybridized carbons (Fsp3) is 0.412. The summed E-state index contributed by atoms with van der Waals surface area (Å²) in [6.07, 6.45) is 0.924. The van der Waals surface area contributed by atoms with Gasteiger partial charge in [0.05, 0.1) is 12.3 Å². The number of anilines is 2. The molecule has 0 saturated carbocycles. The molecule has 1 aromatic carbocycles. The van der Waals surface area contributed by atoms with E-state index in [0.29, 0.717) is 19.1 Å². The Morgan fingerprint density at radius 2 is 1.70 bits per heavy atom. The van der Waals surface area contributed by atoms with Gasteiger partial charge in [-0.1, -0.05) is 30.3 Å². The van der Waals surface area contributed by atoms with E-state index < -0.39 is 0 Å². The van der Waals surface area contributed by atoms with E-state index in [-0.39, 0.29) is 0 Å². The molecule has 1 aromatic heterocycles. The van der Waals surface area contributed by atoms with E-state index in [2.05, 4.69) is 20.6 Å². The molecular formula is C17H24N4O2. The molecule has 23 heavy (non-hydrogen) atoms. The molecule has 1 heterocycles. The third-order valence-electron chi connectivity index (χ3n) is 3.22. The van der Waals surface area contributed by atoms with Crippen molar-refractivity contribution >= 4 is 11.8 Å². The van der Waals surface area contributed by atoms with Gasteiger partial charge >= 0.3 is 0 Å². The van der Waals surface area contributed by atoms with Crippen molar-refractivity contribution in [3.8, 4) is 11.3 Å². The van der Waals surface area contributed by atoms with Crippen LogP contribution in [0.3, 0.4) is 0 Å². The maximum atomic E-state index is 5.06. The normalized spacial score (nSPS) is 10.5. The molecule has 124 valence electrons. The van der Waals surface area contributed by atoms with E-state index in [1.165, 1.54) is 0 Å². The standard InChI is InChI=1S/C17H24N4O2/c1-22-11-6-9-18-16-13-15(14-7-4-3-5-8-14)20-17(21-16)19-10-12-23-2/h3-5,7-8,13H,6,9-12H2,1-2H3,(H2,18,19,20,21). The number of hydrogen-bond acceptors (Lipinski definition) is 6. The topological polar surface area (TPSA) is 68.3 Å². The number of nitrogens with one attached hydrogen (secondary N) is 2. The van der Waals surface area contributed by atoms with E-state index in [4.69, 9.17) is 9.47 Å². The van der Waals surface area contributed by atoms with Gasteiger partial charge in [0.15, 0.2) is 0 Å². The zero-order valence-electron chi connectivity index (χ0n) is 13.7. The van der Waals surface area contributed by atoms with Crippen LogP contribution in [0.4, 0.5) is 11.8 Å². The minimum atomic E-state index is 0.595. The number of rotatable bonds is 10. The first-order valence-corrected chi connectivity index (χ1v) is 7.73. The summed E-state index contributed by atoms with van der Waals surface area (Å²) in [6, 6.07) is 12.0. The molecule has 2 rings (SSSR count). The van der Waals surface area contributed by atoms with Gasteiger partial charge in [-0.05, 0) is 6.42 Å². The van der Waals surface area contributed by atoms with Gasteiger partial charge in [0.2, 0.25) is 5.95 Å². The maximum absolute atomic E-state index is 5.06. The molecule has 2 aromatic rings. The molecule has 0 bridgehead atoms. The quantitative estimate of drug-likeness (QED) is 0.657. The fourth-order valence-corrected chi connectivity index (χ4v) is 2.07. The molecule has 0 saturated heterocycles. The summed E-state index contributed by atoms with van der Waals surface area (Å²) in [5, 5.41) is 6.50. The van der Waals surface area contributed by atoms with E-state index in [0.717, 1.165) is 36.6 Å². The van der Waals surface area contributed by atoms with Crippen molar-refractivity contribution in [2.24, 2.45) is 0 Å². The second-order valence-corrected chi connectivity index (χ2v) is 5.02. The summed E-state index contributed by atoms with van der Waals surface area (Å²) in [5.41, 5.74) is 1.94. The Morgan fingerprint density at radius 3 is 2.43 bits per heavy atom. The molecule has 0 aliphatic carbocycles. The number of methoxy groups -OCH3 is 2. The lowest BCUT2D eigenvalue weighted by atomic mass is 10.1. The smallest absolute Gasteiger partial charge is 0.225 e. The third-order valence-corrected chi connectivity index (χ3v) is 3.22. The van der Waals surface area contributed by atoms with Crippen LogP contribution in [0.15, 0.2) is 36.4 Å². The van der Waals surface area contributed by atoms with Gasteiger partial charge in [-0.3, -0.25) is 0 Å². The Balaban J connectivity index is 2.14. The highest BCUT2D eigenvalue weighted by Crippen LogP contribution is 2.21. The van der Waals surface area contributed by atoms with Crippen molar-refractivity contribution in [3.05, 3.63) is 36.4 Å². The molecule has 0 aliphatic heterocycles. The van der Waals surface area contributed by atoms with Crippen LogP contribution in [0, 0.1) is 0 Å². The monoisotopic (exact) mass is 316 g/mol. The van der Waals surface area contributed by atoms with Crippen LogP contribution < -0.4 is 10.6 Å². The van der Waals surface area contributed by atoms with E-state index >= 15 is 0 Å². The predicted molar refractivity (Wildman–Crippen MR) is 92.8 cm³/mol. The average Bonchev–Trinajstić information content (AvgIpc) is 2.60. The van der Waals surface area contributed by atoms with Crippen LogP contribution >= 0.6 is 0 Å². The second kappa shape index (κ2) is 9.76. The maximum Gasteiger partial charge on any atom is 0.225 e. The SMILES string of the molecule is COCCCNc1cc(-c2ccccc2)nc(NCCOC)n1. The Morgan fingerprint density at radius 1 is 0.913 bits per heavy atom. The molecule has 0 atom stereocenters. The lowest BCUT2D eigenvalue weighted by molar-refractivity contribution is 0.198. The van der Waals surface area contributed by atoms with Crippen LogP contribution in [0.5, 0.6) is 0 Å². The Bertz CT molecular complexity index is 578. The molecule has 2 N–H and O–H groups in total. The van der Waals surface area contributed by atoms with Crippen molar-refractivity contribution in [3.63, 3.8) is 0 Å². The van der Waals surface area contributed by atoms with Gasteiger partial charge in [0.1, 0.15) is 5.82 Å². The van der Waals surface area contributed by atoms with Crippen LogP contribution in [0.1, 0.15) is 6.42 Å². The first-order chi connectivity index (χ1) is 11.3. The zero-order valence-corrected chi connectivity index (χ0v) is 13.7. The molecule has 6 nitrogen and oxygen atoms in total. The minimum absolute atomic E-state index is 0.595. The van der Waals surface area contributed by atoms with E-state index in [9.17, 15) is 0 Å². The van der Waals surface area contributed by atoms with Crippen molar-refractivity contribution in [2.75, 3.05) is 51.2 Å². The largest absolute Gasteiger partial charge is 0.385 e. The molecular weight excluding hydrogens is 292 g/mol. The van der Waals surface area contributed by atoms with Crippen molar-refractivity contribution in [1.29, 1.82) is 0 Å². The lowest BCUT2D eigenvalue weighted by Crippen LogP contribution is -2.12. The summed E-state index contributed by atoms with van der Waals surface area (Å²) in [4.78, 5) is 9.08. The highest BCUT2D eigenvalue weighted by Gasteiger charge is 2.06. The molecule has 0 fully saturated rings. The predicted octanol–water partition coefficient (Wildman–Crippen LogP) is 2.65. The zero-order chi connectivity index (χ0) is 16.3. The first kappa shape index (κ1) is 17.2. The van der Waals surface area contributed by atoms with Gasteiger partial charge in [0, 0.05) is 45.5 Å². The average molecular weight is 316 g/mol. The lowest BCUT2D eigenvalue weighted by Gasteiger charge is -2.11. The van der Waals surface area contributed by atoms with Gasteiger partial charge in [-0.15, -0.1) is 0 Å². The molecule has 0 unspecified atom stereocenters. The molecule has 0 amide bonds. The highest BCUT2D eigenvalue weighted by atomic mass is 16.5. The van der Waals surface area contributed by atoms with E-state index in [1.807, 2.05) is 36.4 Å². The van der Waals surface area contributed by atoms with Crippen LogP contribution in [0.2, 0.25) is 0 Å². The number of nitrogens with zero attached hydrogens (tertiary/aromatic N) is 2. The third kappa shape index (κ3) is 5.84. The van der Waals surface area contributed by atoms with Crippen LogP contribution in [-0.4, -0.2) is 50.5 Å². The van der Waals surface area contributed by atoms with Crippen LogP contribution in [-0.2, 0) is 9.47 Å². The summed E-state index contributed by atoms with van der Waals surface area (Å²) in [7, 11) is 3.38. The van der Waals surface area contributed by atoms with Gasteiger partial charge in [0.25, 0.3) is 0 Å². The molecule has 0 spiro atoms. The molecule has 0 radical (unpaired) electrons. The summed E-state index contributed by atoms with van der Waals surface area (Å²) in [5.74, 6) is 1.40. The van der Waals surface area contributed by atoms with Gasteiger partial charge in [-0.25, -0.2) is 4.98 Å². The van der Waals surface area contributed by atoms with Crippen molar-refractivity contribution < 1.29 is 9.47 Å². The fourth-order valence-electron chi connectivity index (χ4n) is 2.07. The minimum Gasteiger partial charge on any atom is -0.385 e. The number of hydrogen-bond donors (Lipinski definition) is 2. The van der Waals surface area contributed by atoms with Gasteiger partial charge in [-0.2, -0.15) is 4.98 Å². The Labute approximate surface area is 137 Å². The number of aromatic nitrogens is 2. The first-order valence-electron chi connectivity index (χ1n) is 7.73. The molecule has 6 heteroatoms.